The molecule has 0 aromatic heterocycles. The Morgan fingerprint density at radius 3 is 2.56 bits per heavy atom. The van der Waals surface area contributed by atoms with Gasteiger partial charge in [-0.25, -0.2) is 0 Å². The highest BCUT2D eigenvalue weighted by molar-refractivity contribution is 5.79. The molecule has 1 aliphatic carbocycles. The predicted molar refractivity (Wildman–Crippen MR) is 60.4 cm³/mol. The first kappa shape index (κ1) is 11.9. The molecule has 0 radical (unpaired) electrons. The molecule has 2 aliphatic rings. The molecule has 4 nitrogen and oxygen atoms in total. The molecule has 2 rings (SSSR count). The van der Waals surface area contributed by atoms with Crippen molar-refractivity contribution in [3.8, 4) is 0 Å². The van der Waals surface area contributed by atoms with Crippen LogP contribution >= 0.6 is 0 Å². The monoisotopic (exact) mass is 227 g/mol. The van der Waals surface area contributed by atoms with Crippen LogP contribution < -0.4 is 0 Å². The van der Waals surface area contributed by atoms with E-state index >= 15 is 0 Å². The fourth-order valence-corrected chi connectivity index (χ4v) is 2.63. The molecule has 1 atom stereocenters. The summed E-state index contributed by atoms with van der Waals surface area (Å²) in [5.41, 5.74) is -0.926. The van der Waals surface area contributed by atoms with Gasteiger partial charge in [-0.05, 0) is 39.5 Å². The lowest BCUT2D eigenvalue weighted by Gasteiger charge is -2.46. The minimum absolute atomic E-state index is 0.232. The van der Waals surface area contributed by atoms with Gasteiger partial charge in [-0.1, -0.05) is 0 Å². The van der Waals surface area contributed by atoms with Crippen LogP contribution in [-0.2, 0) is 9.53 Å². The maximum absolute atomic E-state index is 11.5. The van der Waals surface area contributed by atoms with Crippen LogP contribution in [0.3, 0.4) is 0 Å². The molecule has 92 valence electrons. The van der Waals surface area contributed by atoms with Crippen molar-refractivity contribution in [1.29, 1.82) is 0 Å². The van der Waals surface area contributed by atoms with Crippen molar-refractivity contribution in [2.45, 2.75) is 44.8 Å². The van der Waals surface area contributed by atoms with Gasteiger partial charge in [-0.15, -0.1) is 0 Å². The fraction of sp³-hybridized carbons (Fsp3) is 0.917. The SMILES string of the molecule is CC1(C)CN(C(C)(C(=O)O)C2CC2)CCO1. The van der Waals surface area contributed by atoms with Gasteiger partial charge in [-0.2, -0.15) is 0 Å². The molecule has 1 N–H and O–H groups in total. The Hall–Kier alpha value is -0.610. The van der Waals surface area contributed by atoms with Gasteiger partial charge in [0.15, 0.2) is 0 Å². The number of carboxylic acid groups (broad SMARTS) is 1. The van der Waals surface area contributed by atoms with E-state index in [1.807, 2.05) is 20.8 Å². The van der Waals surface area contributed by atoms with Crippen LogP contribution in [0.5, 0.6) is 0 Å². The fourth-order valence-electron chi connectivity index (χ4n) is 2.63. The van der Waals surface area contributed by atoms with E-state index in [-0.39, 0.29) is 5.60 Å². The summed E-state index contributed by atoms with van der Waals surface area (Å²) in [6.07, 6.45) is 2.08. The molecule has 1 saturated carbocycles. The van der Waals surface area contributed by atoms with Gasteiger partial charge in [0.2, 0.25) is 0 Å². The number of hydrogen-bond donors (Lipinski definition) is 1. The Bertz CT molecular complexity index is 299. The third-order valence-corrected chi connectivity index (χ3v) is 3.89. The zero-order chi connectivity index (χ0) is 12.0. The van der Waals surface area contributed by atoms with Crippen LogP contribution in [0.15, 0.2) is 0 Å². The maximum atomic E-state index is 11.5. The third kappa shape index (κ3) is 1.96. The Kier molecular flexibility index (Phi) is 2.75. The van der Waals surface area contributed by atoms with Crippen molar-refractivity contribution < 1.29 is 14.6 Å². The van der Waals surface area contributed by atoms with Crippen molar-refractivity contribution in [1.82, 2.24) is 4.90 Å². The molecule has 1 aliphatic heterocycles. The average molecular weight is 227 g/mol. The molecule has 0 aromatic rings. The summed E-state index contributed by atoms with van der Waals surface area (Å²) < 4.78 is 5.64. The summed E-state index contributed by atoms with van der Waals surface area (Å²) in [6, 6.07) is 0. The highest BCUT2D eigenvalue weighted by atomic mass is 16.5. The molecule has 2 fully saturated rings. The topological polar surface area (TPSA) is 49.8 Å². The van der Waals surface area contributed by atoms with E-state index in [0.29, 0.717) is 19.1 Å². The molecule has 1 unspecified atom stereocenters. The first-order chi connectivity index (χ1) is 7.36. The smallest absolute Gasteiger partial charge is 0.324 e. The van der Waals surface area contributed by atoms with E-state index in [9.17, 15) is 9.90 Å². The number of nitrogens with zero attached hydrogens (tertiary/aromatic N) is 1. The van der Waals surface area contributed by atoms with Crippen LogP contribution in [0.4, 0.5) is 0 Å². The third-order valence-electron chi connectivity index (χ3n) is 3.89. The number of hydrogen-bond acceptors (Lipinski definition) is 3. The number of carboxylic acids is 1. The van der Waals surface area contributed by atoms with Crippen molar-refractivity contribution >= 4 is 5.97 Å². The van der Waals surface area contributed by atoms with E-state index in [1.54, 1.807) is 0 Å². The van der Waals surface area contributed by atoms with Gasteiger partial charge < -0.3 is 9.84 Å². The van der Waals surface area contributed by atoms with E-state index in [1.165, 1.54) is 0 Å². The van der Waals surface area contributed by atoms with Crippen LogP contribution in [-0.4, -0.2) is 46.8 Å². The molecule has 0 spiro atoms. The summed E-state index contributed by atoms with van der Waals surface area (Å²) in [4.78, 5) is 13.6. The van der Waals surface area contributed by atoms with Gasteiger partial charge in [0.05, 0.1) is 12.2 Å². The second kappa shape index (κ2) is 3.70. The lowest BCUT2D eigenvalue weighted by Crippen LogP contribution is -2.61. The van der Waals surface area contributed by atoms with E-state index in [0.717, 1.165) is 19.4 Å². The quantitative estimate of drug-likeness (QED) is 0.790. The molecule has 1 heterocycles. The van der Waals surface area contributed by atoms with Crippen LogP contribution in [0, 0.1) is 5.92 Å². The number of ether oxygens (including phenoxy) is 1. The van der Waals surface area contributed by atoms with Gasteiger partial charge in [-0.3, -0.25) is 9.69 Å². The number of carbonyl (C=O) groups is 1. The minimum atomic E-state index is -0.693. The molecule has 0 aromatic carbocycles. The van der Waals surface area contributed by atoms with Gasteiger partial charge >= 0.3 is 5.97 Å². The first-order valence-electron chi connectivity index (χ1n) is 5.99. The van der Waals surface area contributed by atoms with Crippen molar-refractivity contribution in [2.24, 2.45) is 5.92 Å². The van der Waals surface area contributed by atoms with Crippen LogP contribution in [0.25, 0.3) is 0 Å². The zero-order valence-electron chi connectivity index (χ0n) is 10.3. The molecule has 1 saturated heterocycles. The number of rotatable bonds is 3. The van der Waals surface area contributed by atoms with E-state index in [4.69, 9.17) is 4.74 Å². The highest BCUT2D eigenvalue weighted by Crippen LogP contribution is 2.44. The Balaban J connectivity index is 2.17. The van der Waals surface area contributed by atoms with E-state index < -0.39 is 11.5 Å². The lowest BCUT2D eigenvalue weighted by molar-refractivity contribution is -0.164. The Morgan fingerprint density at radius 1 is 1.50 bits per heavy atom. The predicted octanol–water partition coefficient (Wildman–Crippen LogP) is 1.35. The molecular formula is C12H21NO3. The maximum Gasteiger partial charge on any atom is 0.324 e. The summed E-state index contributed by atoms with van der Waals surface area (Å²) in [6.45, 7) is 7.97. The number of morpholine rings is 1. The van der Waals surface area contributed by atoms with Crippen molar-refractivity contribution in [3.05, 3.63) is 0 Å². The van der Waals surface area contributed by atoms with Gasteiger partial charge in [0, 0.05) is 13.1 Å². The first-order valence-corrected chi connectivity index (χ1v) is 5.99. The summed E-state index contributed by atoms with van der Waals surface area (Å²) in [5, 5.41) is 9.48. The normalized spacial score (nSPS) is 29.7. The van der Waals surface area contributed by atoms with Crippen molar-refractivity contribution in [2.75, 3.05) is 19.7 Å². The van der Waals surface area contributed by atoms with Gasteiger partial charge in [0.1, 0.15) is 5.54 Å². The Morgan fingerprint density at radius 2 is 2.12 bits per heavy atom. The van der Waals surface area contributed by atoms with E-state index in [2.05, 4.69) is 4.90 Å². The largest absolute Gasteiger partial charge is 0.480 e. The zero-order valence-corrected chi connectivity index (χ0v) is 10.3. The minimum Gasteiger partial charge on any atom is -0.480 e. The standard InChI is InChI=1S/C12H21NO3/c1-11(2)8-13(6-7-16-11)12(3,10(14)15)9-4-5-9/h9H,4-8H2,1-3H3,(H,14,15). The molecule has 0 amide bonds. The average Bonchev–Trinajstić information content (AvgIpc) is 2.97. The summed E-state index contributed by atoms with van der Waals surface area (Å²) in [7, 11) is 0. The molecule has 16 heavy (non-hydrogen) atoms. The van der Waals surface area contributed by atoms with Gasteiger partial charge in [0.25, 0.3) is 0 Å². The highest BCUT2D eigenvalue weighted by Gasteiger charge is 2.53. The molecular weight excluding hydrogens is 206 g/mol. The van der Waals surface area contributed by atoms with Crippen LogP contribution in [0.1, 0.15) is 33.6 Å². The molecule has 4 heteroatoms. The second-order valence-electron chi connectivity index (χ2n) is 5.76. The van der Waals surface area contributed by atoms with Crippen LogP contribution in [0.2, 0.25) is 0 Å². The Labute approximate surface area is 96.6 Å². The lowest BCUT2D eigenvalue weighted by atomic mass is 9.91. The van der Waals surface area contributed by atoms with Crippen molar-refractivity contribution in [3.63, 3.8) is 0 Å². The second-order valence-corrected chi connectivity index (χ2v) is 5.76. The summed E-state index contributed by atoms with van der Waals surface area (Å²) >= 11 is 0. The molecule has 0 bridgehead atoms. The number of aliphatic carboxylic acids is 1. The summed E-state index contributed by atoms with van der Waals surface area (Å²) in [5.74, 6) is -0.369.